The van der Waals surface area contributed by atoms with Crippen LogP contribution in [0.2, 0.25) is 0 Å². The molecule has 3 rings (SSSR count). The van der Waals surface area contributed by atoms with Crippen molar-refractivity contribution in [3.63, 3.8) is 0 Å². The topological polar surface area (TPSA) is 109 Å². The molecule has 2 amide bonds. The number of amides is 2. The van der Waals surface area contributed by atoms with Crippen LogP contribution in [0.4, 0.5) is 4.39 Å². The summed E-state index contributed by atoms with van der Waals surface area (Å²) in [5.74, 6) is -1.17. The molecule has 1 aliphatic rings. The van der Waals surface area contributed by atoms with Gasteiger partial charge in [-0.3, -0.25) is 9.59 Å². The van der Waals surface area contributed by atoms with Crippen molar-refractivity contribution in [1.82, 2.24) is 14.9 Å². The first-order valence-electron chi connectivity index (χ1n) is 9.56. The van der Waals surface area contributed by atoms with Crippen molar-refractivity contribution in [2.45, 2.75) is 31.4 Å². The average Bonchev–Trinajstić information content (AvgIpc) is 3.25. The van der Waals surface area contributed by atoms with Gasteiger partial charge in [-0.15, -0.1) is 0 Å². The number of hydrogen-bond acceptors (Lipinski definition) is 5. The van der Waals surface area contributed by atoms with E-state index in [4.69, 9.17) is 4.42 Å². The summed E-state index contributed by atoms with van der Waals surface area (Å²) < 4.78 is 44.4. The number of halogens is 1. The lowest BCUT2D eigenvalue weighted by Crippen LogP contribution is -2.42. The van der Waals surface area contributed by atoms with Gasteiger partial charge in [0, 0.05) is 25.6 Å². The Hall–Kier alpha value is -2.72. The van der Waals surface area contributed by atoms with Crippen LogP contribution in [0.25, 0.3) is 0 Å². The van der Waals surface area contributed by atoms with Crippen LogP contribution in [0, 0.1) is 18.7 Å². The number of likely N-dealkylation sites (tertiary alicyclic amines) is 1. The quantitative estimate of drug-likeness (QED) is 0.716. The first-order valence-corrected chi connectivity index (χ1v) is 11.0. The summed E-state index contributed by atoms with van der Waals surface area (Å²) in [6, 6.07) is 7.40. The average molecular weight is 437 g/mol. The number of carbonyl (C=O) groups excluding carboxylic acids is 2. The maximum Gasteiger partial charge on any atom is 0.289 e. The van der Waals surface area contributed by atoms with E-state index in [0.717, 1.165) is 0 Å². The van der Waals surface area contributed by atoms with Gasteiger partial charge in [-0.05, 0) is 56.1 Å². The van der Waals surface area contributed by atoms with E-state index >= 15 is 0 Å². The second kappa shape index (κ2) is 8.97. The Morgan fingerprint density at radius 1 is 1.20 bits per heavy atom. The third kappa shape index (κ3) is 4.88. The lowest BCUT2D eigenvalue weighted by molar-refractivity contribution is -0.126. The summed E-state index contributed by atoms with van der Waals surface area (Å²) in [6.07, 6.45) is 0.949. The van der Waals surface area contributed by atoms with Gasteiger partial charge in [0.25, 0.3) is 15.9 Å². The molecular weight excluding hydrogens is 413 g/mol. The molecule has 30 heavy (non-hydrogen) atoms. The molecule has 2 N–H and O–H groups in total. The molecular formula is C20H24FN3O5S. The predicted molar refractivity (Wildman–Crippen MR) is 107 cm³/mol. The van der Waals surface area contributed by atoms with Crippen LogP contribution in [0.3, 0.4) is 0 Å². The Labute approximate surface area is 174 Å². The van der Waals surface area contributed by atoms with E-state index < -0.39 is 15.9 Å². The number of aryl methyl sites for hydroxylation is 1. The summed E-state index contributed by atoms with van der Waals surface area (Å²) in [5.41, 5.74) is 1.23. The van der Waals surface area contributed by atoms with E-state index in [2.05, 4.69) is 10.0 Å². The van der Waals surface area contributed by atoms with Gasteiger partial charge in [-0.2, -0.15) is 0 Å². The highest BCUT2D eigenvalue weighted by Crippen LogP contribution is 2.21. The second-order valence-electron chi connectivity index (χ2n) is 7.19. The van der Waals surface area contributed by atoms with Crippen molar-refractivity contribution < 1.29 is 26.8 Å². The lowest BCUT2D eigenvalue weighted by Gasteiger charge is -2.30. The van der Waals surface area contributed by atoms with Crippen LogP contribution in [-0.2, 0) is 21.4 Å². The molecule has 1 aliphatic heterocycles. The second-order valence-corrected chi connectivity index (χ2v) is 9.01. The molecule has 0 bridgehead atoms. The molecule has 2 aromatic rings. The number of hydrogen-bond donors (Lipinski definition) is 2. The minimum atomic E-state index is -3.76. The summed E-state index contributed by atoms with van der Waals surface area (Å²) in [5, 5.41) is 2.49. The highest BCUT2D eigenvalue weighted by molar-refractivity contribution is 7.89. The Morgan fingerprint density at radius 3 is 2.53 bits per heavy atom. The normalized spacial score (nSPS) is 15.2. The maximum atomic E-state index is 13.6. The van der Waals surface area contributed by atoms with Gasteiger partial charge in [-0.25, -0.2) is 17.5 Å². The minimum Gasteiger partial charge on any atom is -0.438 e. The van der Waals surface area contributed by atoms with Crippen LogP contribution < -0.4 is 10.0 Å². The molecule has 162 valence electrons. The van der Waals surface area contributed by atoms with Gasteiger partial charge >= 0.3 is 0 Å². The Morgan fingerprint density at radius 2 is 1.90 bits per heavy atom. The van der Waals surface area contributed by atoms with E-state index in [1.165, 1.54) is 30.1 Å². The monoisotopic (exact) mass is 437 g/mol. The predicted octanol–water partition coefficient (Wildman–Crippen LogP) is 1.80. The Kier molecular flexibility index (Phi) is 6.57. The van der Waals surface area contributed by atoms with E-state index in [0.29, 0.717) is 37.1 Å². The van der Waals surface area contributed by atoms with E-state index in [1.807, 2.05) is 0 Å². The molecule has 0 atom stereocenters. The van der Waals surface area contributed by atoms with E-state index in [9.17, 15) is 22.4 Å². The maximum absolute atomic E-state index is 13.6. The number of rotatable bonds is 6. The third-order valence-corrected chi connectivity index (χ3v) is 6.47. The highest BCUT2D eigenvalue weighted by atomic mass is 32.2. The molecule has 1 saturated heterocycles. The molecule has 1 fully saturated rings. The van der Waals surface area contributed by atoms with Gasteiger partial charge in [-0.1, -0.05) is 12.1 Å². The van der Waals surface area contributed by atoms with Crippen LogP contribution in [0.1, 0.15) is 34.5 Å². The van der Waals surface area contributed by atoms with E-state index in [1.54, 1.807) is 19.1 Å². The van der Waals surface area contributed by atoms with Gasteiger partial charge in [0.2, 0.25) is 11.0 Å². The fourth-order valence-electron chi connectivity index (χ4n) is 3.26. The molecule has 2 heterocycles. The number of nitrogens with one attached hydrogen (secondary N) is 2. The van der Waals surface area contributed by atoms with Crippen molar-refractivity contribution in [3.05, 3.63) is 53.0 Å². The molecule has 8 nitrogen and oxygen atoms in total. The molecule has 0 radical (unpaired) electrons. The smallest absolute Gasteiger partial charge is 0.289 e. The number of benzene rings is 1. The molecule has 1 aromatic carbocycles. The summed E-state index contributed by atoms with van der Waals surface area (Å²) in [6.45, 7) is 2.62. The summed E-state index contributed by atoms with van der Waals surface area (Å²) in [4.78, 5) is 26.5. The highest BCUT2D eigenvalue weighted by Gasteiger charge is 2.29. The summed E-state index contributed by atoms with van der Waals surface area (Å²) in [7, 11) is -2.51. The first kappa shape index (κ1) is 22.0. The van der Waals surface area contributed by atoms with Crippen molar-refractivity contribution in [2.24, 2.45) is 5.92 Å². The SMILES string of the molecule is CNS(=O)(=O)c1ccc(C(=O)N2CCC(C(=O)NCc3ccc(C)c(F)c3)CC2)o1. The van der Waals surface area contributed by atoms with Crippen LogP contribution in [-0.4, -0.2) is 45.3 Å². The number of furan rings is 1. The van der Waals surface area contributed by atoms with Crippen molar-refractivity contribution in [2.75, 3.05) is 20.1 Å². The van der Waals surface area contributed by atoms with Crippen molar-refractivity contribution in [3.8, 4) is 0 Å². The van der Waals surface area contributed by atoms with Gasteiger partial charge in [0.1, 0.15) is 5.82 Å². The zero-order valence-corrected chi connectivity index (χ0v) is 17.6. The van der Waals surface area contributed by atoms with Crippen molar-refractivity contribution in [1.29, 1.82) is 0 Å². The number of carbonyl (C=O) groups is 2. The van der Waals surface area contributed by atoms with Gasteiger partial charge in [0.05, 0.1) is 0 Å². The third-order valence-electron chi connectivity index (χ3n) is 5.18. The molecule has 0 spiro atoms. The molecule has 0 unspecified atom stereocenters. The summed E-state index contributed by atoms with van der Waals surface area (Å²) >= 11 is 0. The fourth-order valence-corrected chi connectivity index (χ4v) is 3.91. The van der Waals surface area contributed by atoms with Gasteiger partial charge in [0.15, 0.2) is 5.76 Å². The van der Waals surface area contributed by atoms with Crippen LogP contribution in [0.5, 0.6) is 0 Å². The first-order chi connectivity index (χ1) is 14.2. The van der Waals surface area contributed by atoms with Crippen molar-refractivity contribution >= 4 is 21.8 Å². The molecule has 1 aromatic heterocycles. The lowest BCUT2D eigenvalue weighted by atomic mass is 9.95. The minimum absolute atomic E-state index is 0.0619. The fraction of sp³-hybridized carbons (Fsp3) is 0.400. The molecule has 10 heteroatoms. The van der Waals surface area contributed by atoms with Crippen LogP contribution in [0.15, 0.2) is 39.8 Å². The number of piperidine rings is 1. The largest absolute Gasteiger partial charge is 0.438 e. The standard InChI is InChI=1S/C20H24FN3O5S/c1-13-3-4-14(11-16(13)21)12-23-19(25)15-7-9-24(10-8-15)20(26)17-5-6-18(29-17)30(27,28)22-2/h3-6,11,15,22H,7-10,12H2,1-2H3,(H,23,25). The van der Waals surface area contributed by atoms with Gasteiger partial charge < -0.3 is 14.6 Å². The number of sulfonamides is 1. The van der Waals surface area contributed by atoms with E-state index in [-0.39, 0.29) is 35.0 Å². The zero-order chi connectivity index (χ0) is 21.9. The molecule has 0 saturated carbocycles. The molecule has 0 aliphatic carbocycles. The Balaban J connectivity index is 1.52. The zero-order valence-electron chi connectivity index (χ0n) is 16.8. The Bertz CT molecular complexity index is 1040. The number of nitrogens with zero attached hydrogens (tertiary/aromatic N) is 1. The van der Waals surface area contributed by atoms with Crippen LogP contribution >= 0.6 is 0 Å².